The maximum absolute atomic E-state index is 12.3. The van der Waals surface area contributed by atoms with Gasteiger partial charge in [-0.2, -0.15) is 5.10 Å². The van der Waals surface area contributed by atoms with Gasteiger partial charge in [0, 0.05) is 12.8 Å². The van der Waals surface area contributed by atoms with Gasteiger partial charge in [-0.3, -0.25) is 14.4 Å². The van der Waals surface area contributed by atoms with Crippen molar-refractivity contribution >= 4 is 40.8 Å². The number of nitrogens with zero attached hydrogens (tertiary/aromatic N) is 2. The van der Waals surface area contributed by atoms with Gasteiger partial charge in [-0.25, -0.2) is 5.01 Å². The lowest BCUT2D eigenvalue weighted by molar-refractivity contribution is -0.148. The Labute approximate surface area is 173 Å². The van der Waals surface area contributed by atoms with Crippen molar-refractivity contribution in [2.45, 2.75) is 19.3 Å². The van der Waals surface area contributed by atoms with E-state index in [4.69, 9.17) is 16.3 Å². The molecule has 150 valence electrons. The number of nitrogens with one attached hydrogen (secondary N) is 1. The first-order valence-electron chi connectivity index (χ1n) is 9.16. The lowest BCUT2D eigenvalue weighted by atomic mass is 10.1. The van der Waals surface area contributed by atoms with Gasteiger partial charge in [0.2, 0.25) is 5.91 Å². The normalized spacial score (nSPS) is 13.0. The van der Waals surface area contributed by atoms with Crippen LogP contribution < -0.4 is 5.32 Å². The van der Waals surface area contributed by atoms with Gasteiger partial charge in [0.1, 0.15) is 0 Å². The zero-order chi connectivity index (χ0) is 20.6. The van der Waals surface area contributed by atoms with E-state index in [1.165, 1.54) is 5.01 Å². The summed E-state index contributed by atoms with van der Waals surface area (Å²) in [5.41, 5.74) is 2.26. The average Bonchev–Trinajstić information content (AvgIpc) is 3.23. The van der Waals surface area contributed by atoms with Crippen molar-refractivity contribution < 1.29 is 19.1 Å². The molecule has 8 heteroatoms. The highest BCUT2D eigenvalue weighted by atomic mass is 35.5. The van der Waals surface area contributed by atoms with Crippen molar-refractivity contribution in [2.24, 2.45) is 5.10 Å². The number of amides is 2. The molecule has 0 spiro atoms. The number of carbonyl (C=O) groups excluding carboxylic acids is 3. The van der Waals surface area contributed by atoms with E-state index in [0.29, 0.717) is 23.7 Å². The second-order valence-corrected chi connectivity index (χ2v) is 6.78. The van der Waals surface area contributed by atoms with Gasteiger partial charge < -0.3 is 10.1 Å². The molecule has 2 aromatic carbocycles. The van der Waals surface area contributed by atoms with Crippen LogP contribution in [0.1, 0.15) is 24.8 Å². The maximum Gasteiger partial charge on any atom is 0.306 e. The highest BCUT2D eigenvalue weighted by molar-refractivity contribution is 6.33. The van der Waals surface area contributed by atoms with Gasteiger partial charge in [0.25, 0.3) is 5.91 Å². The molecule has 2 amide bonds. The van der Waals surface area contributed by atoms with E-state index < -0.39 is 18.5 Å². The molecule has 1 N–H and O–H groups in total. The molecule has 2 aromatic rings. The Morgan fingerprint density at radius 2 is 1.76 bits per heavy atom. The fourth-order valence-corrected chi connectivity index (χ4v) is 2.96. The number of hydrogen-bond donors (Lipinski definition) is 1. The minimum Gasteiger partial charge on any atom is -0.456 e. The molecule has 0 unspecified atom stereocenters. The summed E-state index contributed by atoms with van der Waals surface area (Å²) in [6.07, 6.45) is 0.518. The number of halogens is 1. The van der Waals surface area contributed by atoms with Crippen LogP contribution in [-0.2, 0) is 19.1 Å². The Hall–Kier alpha value is -3.19. The summed E-state index contributed by atoms with van der Waals surface area (Å²) in [4.78, 5) is 35.9. The molecule has 0 fully saturated rings. The molecule has 0 atom stereocenters. The first-order valence-corrected chi connectivity index (χ1v) is 9.54. The summed E-state index contributed by atoms with van der Waals surface area (Å²) in [7, 11) is 0. The number of hydrazone groups is 1. The minimum absolute atomic E-state index is 0.0312. The quantitative estimate of drug-likeness (QED) is 0.706. The van der Waals surface area contributed by atoms with Crippen LogP contribution in [0.4, 0.5) is 5.69 Å². The maximum atomic E-state index is 12.3. The molecule has 7 nitrogen and oxygen atoms in total. The highest BCUT2D eigenvalue weighted by Crippen LogP contribution is 2.20. The summed E-state index contributed by atoms with van der Waals surface area (Å²) < 4.78 is 4.92. The number of carbonyl (C=O) groups is 3. The summed E-state index contributed by atoms with van der Waals surface area (Å²) in [5.74, 6) is -1.39. The van der Waals surface area contributed by atoms with Gasteiger partial charge in [-0.1, -0.05) is 54.1 Å². The number of ether oxygens (including phenoxy) is 1. The van der Waals surface area contributed by atoms with Gasteiger partial charge in [-0.05, 0) is 17.7 Å². The number of hydrogen-bond acceptors (Lipinski definition) is 5. The van der Waals surface area contributed by atoms with Crippen LogP contribution in [-0.4, -0.2) is 41.7 Å². The van der Waals surface area contributed by atoms with Crippen LogP contribution in [0.15, 0.2) is 59.7 Å². The van der Waals surface area contributed by atoms with E-state index in [-0.39, 0.29) is 18.7 Å². The first-order chi connectivity index (χ1) is 14.0. The van der Waals surface area contributed by atoms with Crippen molar-refractivity contribution in [3.8, 4) is 0 Å². The van der Waals surface area contributed by atoms with Gasteiger partial charge in [-0.15, -0.1) is 0 Å². The predicted octanol–water partition coefficient (Wildman–Crippen LogP) is 3.24. The fourth-order valence-electron chi connectivity index (χ4n) is 2.78. The molecule has 0 radical (unpaired) electrons. The Morgan fingerprint density at radius 3 is 2.52 bits per heavy atom. The first kappa shape index (κ1) is 20.5. The number of para-hydroxylation sites is 1. The van der Waals surface area contributed by atoms with Crippen LogP contribution in [0.2, 0.25) is 5.02 Å². The van der Waals surface area contributed by atoms with E-state index in [1.807, 2.05) is 30.3 Å². The molecule has 1 aliphatic rings. The van der Waals surface area contributed by atoms with Gasteiger partial charge in [0.15, 0.2) is 6.61 Å². The van der Waals surface area contributed by atoms with E-state index >= 15 is 0 Å². The van der Waals surface area contributed by atoms with E-state index in [0.717, 1.165) is 11.3 Å². The Balaban J connectivity index is 1.40. The third-order valence-corrected chi connectivity index (χ3v) is 4.58. The molecule has 0 saturated carbocycles. The molecule has 0 saturated heterocycles. The van der Waals surface area contributed by atoms with Crippen molar-refractivity contribution in [3.63, 3.8) is 0 Å². The topological polar surface area (TPSA) is 88.1 Å². The SMILES string of the molecule is O=C(COC(=O)CCC(=O)N1CCC(c2ccccc2)=N1)Nc1ccccc1Cl. The fraction of sp³-hybridized carbons (Fsp3) is 0.238. The highest BCUT2D eigenvalue weighted by Gasteiger charge is 2.22. The molecular formula is C21H20ClN3O4. The second-order valence-electron chi connectivity index (χ2n) is 6.37. The Kier molecular flexibility index (Phi) is 6.97. The standard InChI is InChI=1S/C21H20ClN3O4/c22-16-8-4-5-9-18(16)23-19(26)14-29-21(28)11-10-20(27)25-13-12-17(24-25)15-6-2-1-3-7-15/h1-9H,10-14H2,(H,23,26). The number of rotatable bonds is 7. The van der Waals surface area contributed by atoms with Gasteiger partial charge >= 0.3 is 5.97 Å². The van der Waals surface area contributed by atoms with E-state index in [9.17, 15) is 14.4 Å². The summed E-state index contributed by atoms with van der Waals surface area (Å²) in [5, 5.41) is 8.65. The zero-order valence-corrected chi connectivity index (χ0v) is 16.4. The molecule has 0 bridgehead atoms. The van der Waals surface area contributed by atoms with Crippen molar-refractivity contribution in [2.75, 3.05) is 18.5 Å². The molecule has 29 heavy (non-hydrogen) atoms. The average molecular weight is 414 g/mol. The third kappa shape index (κ3) is 5.89. The van der Waals surface area contributed by atoms with Crippen molar-refractivity contribution in [1.82, 2.24) is 5.01 Å². The minimum atomic E-state index is -0.626. The van der Waals surface area contributed by atoms with Crippen LogP contribution in [0.5, 0.6) is 0 Å². The number of benzene rings is 2. The molecule has 0 aliphatic carbocycles. The lowest BCUT2D eigenvalue weighted by Crippen LogP contribution is -2.25. The molecule has 1 heterocycles. The van der Waals surface area contributed by atoms with E-state index in [2.05, 4.69) is 10.4 Å². The van der Waals surface area contributed by atoms with Crippen molar-refractivity contribution in [1.29, 1.82) is 0 Å². The Morgan fingerprint density at radius 1 is 1.03 bits per heavy atom. The smallest absolute Gasteiger partial charge is 0.306 e. The summed E-state index contributed by atoms with van der Waals surface area (Å²) >= 11 is 5.95. The van der Waals surface area contributed by atoms with Gasteiger partial charge in [0.05, 0.1) is 29.4 Å². The number of esters is 1. The lowest BCUT2D eigenvalue weighted by Gasteiger charge is -2.11. The van der Waals surface area contributed by atoms with Crippen molar-refractivity contribution in [3.05, 3.63) is 65.2 Å². The molecular weight excluding hydrogens is 394 g/mol. The predicted molar refractivity (Wildman–Crippen MR) is 110 cm³/mol. The second kappa shape index (κ2) is 9.84. The molecule has 1 aliphatic heterocycles. The zero-order valence-electron chi connectivity index (χ0n) is 15.6. The molecule has 3 rings (SSSR count). The van der Waals surface area contributed by atoms with Crippen LogP contribution in [0, 0.1) is 0 Å². The van der Waals surface area contributed by atoms with E-state index in [1.54, 1.807) is 24.3 Å². The largest absolute Gasteiger partial charge is 0.456 e. The van der Waals surface area contributed by atoms with Crippen LogP contribution in [0.3, 0.4) is 0 Å². The third-order valence-electron chi connectivity index (χ3n) is 4.25. The van der Waals surface area contributed by atoms with Crippen LogP contribution >= 0.6 is 11.6 Å². The monoisotopic (exact) mass is 413 g/mol. The Bertz CT molecular complexity index is 931. The summed E-state index contributed by atoms with van der Waals surface area (Å²) in [6.45, 7) is 0.0383. The summed E-state index contributed by atoms with van der Waals surface area (Å²) in [6, 6.07) is 16.4. The molecule has 0 aromatic heterocycles. The number of anilines is 1. The van der Waals surface area contributed by atoms with Crippen LogP contribution in [0.25, 0.3) is 0 Å².